The minimum atomic E-state index is 0.254. The number of quaternary nitrogens is 1. The van der Waals surface area contributed by atoms with Crippen molar-refractivity contribution in [2.45, 2.75) is 64.2 Å². The summed E-state index contributed by atoms with van der Waals surface area (Å²) in [6.07, 6.45) is 11.6. The quantitative estimate of drug-likeness (QED) is 0.627. The third kappa shape index (κ3) is 3.39. The number of halogens is 1. The van der Waals surface area contributed by atoms with E-state index in [9.17, 15) is 4.79 Å². The number of carbonyl (C=O) groups excluding carboxylic acids is 1. The molecule has 0 unspecified atom stereocenters. The summed E-state index contributed by atoms with van der Waals surface area (Å²) in [5, 5.41) is 4.30. The van der Waals surface area contributed by atoms with Crippen LogP contribution < -0.4 is 0 Å². The van der Waals surface area contributed by atoms with Gasteiger partial charge in [0.2, 0.25) is 0 Å². The molecule has 29 heavy (non-hydrogen) atoms. The zero-order valence-electron chi connectivity index (χ0n) is 17.3. The first-order chi connectivity index (χ1) is 14.2. The van der Waals surface area contributed by atoms with Gasteiger partial charge in [0.1, 0.15) is 13.1 Å². The van der Waals surface area contributed by atoms with Crippen molar-refractivity contribution in [2.75, 3.05) is 26.2 Å². The Balaban J connectivity index is 1.55. The predicted molar refractivity (Wildman–Crippen MR) is 117 cm³/mol. The fourth-order valence-electron chi connectivity index (χ4n) is 5.65. The lowest BCUT2D eigenvalue weighted by atomic mass is 9.94. The van der Waals surface area contributed by atoms with Gasteiger partial charge in [0.05, 0.1) is 16.1 Å². The van der Waals surface area contributed by atoms with Crippen molar-refractivity contribution < 1.29 is 9.39 Å². The molecule has 1 aromatic carbocycles. The number of carbonyl (C=O) groups is 1. The molecule has 0 saturated carbocycles. The smallest absolute Gasteiger partial charge is 0.252 e. The van der Waals surface area contributed by atoms with Gasteiger partial charge in [-0.1, -0.05) is 24.1 Å². The standard InChI is InChI=1S/C24H31ClN3O/c25-23-19-9-3-4-10-21(19)26-22-17-18(11-12-20(22)23)24(29)28(15-7-2-8-16-28)27-13-5-1-6-14-27/h11-12,17H,1-10,13-16H2/q+1. The Morgan fingerprint density at radius 2 is 1.66 bits per heavy atom. The highest BCUT2D eigenvalue weighted by Crippen LogP contribution is 2.34. The first kappa shape index (κ1) is 19.5. The van der Waals surface area contributed by atoms with Crippen LogP contribution in [0.5, 0.6) is 0 Å². The zero-order chi connectivity index (χ0) is 19.8. The van der Waals surface area contributed by atoms with Crippen molar-refractivity contribution in [3.05, 3.63) is 40.0 Å². The molecule has 1 aromatic heterocycles. The van der Waals surface area contributed by atoms with Crippen LogP contribution in [0, 0.1) is 0 Å². The van der Waals surface area contributed by atoms with E-state index in [0.29, 0.717) is 4.59 Å². The van der Waals surface area contributed by atoms with E-state index in [1.165, 1.54) is 44.1 Å². The van der Waals surface area contributed by atoms with Crippen molar-refractivity contribution in [3.8, 4) is 0 Å². The molecule has 3 aliphatic rings. The minimum Gasteiger partial charge on any atom is -0.252 e. The van der Waals surface area contributed by atoms with Gasteiger partial charge in [-0.25, -0.2) is 4.79 Å². The molecule has 3 heterocycles. The van der Waals surface area contributed by atoms with Gasteiger partial charge in [0.15, 0.2) is 0 Å². The summed E-state index contributed by atoms with van der Waals surface area (Å²) in [4.78, 5) is 18.9. The van der Waals surface area contributed by atoms with Crippen LogP contribution in [0.25, 0.3) is 10.9 Å². The van der Waals surface area contributed by atoms with Gasteiger partial charge in [-0.05, 0) is 75.5 Å². The summed E-state index contributed by atoms with van der Waals surface area (Å²) in [5.41, 5.74) is 4.04. The minimum absolute atomic E-state index is 0.254. The van der Waals surface area contributed by atoms with E-state index in [0.717, 1.165) is 79.0 Å². The molecule has 0 spiro atoms. The first-order valence-corrected chi connectivity index (χ1v) is 11.9. The molecule has 2 saturated heterocycles. The number of nitrogens with zero attached hydrogens (tertiary/aromatic N) is 3. The van der Waals surface area contributed by atoms with Crippen molar-refractivity contribution in [1.29, 1.82) is 0 Å². The molecule has 2 aromatic rings. The molecule has 0 N–H and O–H groups in total. The number of aromatic nitrogens is 1. The van der Waals surface area contributed by atoms with Gasteiger partial charge in [0, 0.05) is 24.2 Å². The maximum atomic E-state index is 13.9. The van der Waals surface area contributed by atoms with Crippen LogP contribution in [0.4, 0.5) is 0 Å². The topological polar surface area (TPSA) is 33.2 Å². The molecule has 0 atom stereocenters. The fraction of sp³-hybridized carbons (Fsp3) is 0.583. The van der Waals surface area contributed by atoms with Crippen LogP contribution in [0.3, 0.4) is 0 Å². The third-order valence-corrected chi connectivity index (χ3v) is 7.68. The number of rotatable bonds is 2. The van der Waals surface area contributed by atoms with Crippen molar-refractivity contribution in [2.24, 2.45) is 0 Å². The molecule has 1 amide bonds. The van der Waals surface area contributed by atoms with Crippen LogP contribution in [0.2, 0.25) is 5.02 Å². The molecule has 4 nitrogen and oxygen atoms in total. The van der Waals surface area contributed by atoms with E-state index < -0.39 is 0 Å². The number of hydrogen-bond donors (Lipinski definition) is 0. The average Bonchev–Trinajstić information content (AvgIpc) is 2.79. The molecule has 154 valence electrons. The number of aryl methyl sites for hydroxylation is 1. The second kappa shape index (κ2) is 7.98. The second-order valence-electron chi connectivity index (χ2n) is 9.04. The lowest BCUT2D eigenvalue weighted by molar-refractivity contribution is -0.970. The Morgan fingerprint density at radius 3 is 2.45 bits per heavy atom. The van der Waals surface area contributed by atoms with E-state index >= 15 is 0 Å². The Kier molecular flexibility index (Phi) is 5.35. The maximum Gasteiger partial charge on any atom is 0.365 e. The Bertz CT molecular complexity index is 929. The van der Waals surface area contributed by atoms with Crippen LogP contribution >= 0.6 is 11.6 Å². The monoisotopic (exact) mass is 412 g/mol. The summed E-state index contributed by atoms with van der Waals surface area (Å²) in [6, 6.07) is 6.03. The second-order valence-corrected chi connectivity index (χ2v) is 9.42. The molecule has 5 heteroatoms. The van der Waals surface area contributed by atoms with E-state index in [1.54, 1.807) is 0 Å². The largest absolute Gasteiger partial charge is 0.365 e. The molecule has 5 rings (SSSR count). The highest BCUT2D eigenvalue weighted by Gasteiger charge is 2.45. The summed E-state index contributed by atoms with van der Waals surface area (Å²) in [6.45, 7) is 3.96. The van der Waals surface area contributed by atoms with Gasteiger partial charge in [-0.15, -0.1) is 5.01 Å². The average molecular weight is 413 g/mol. The van der Waals surface area contributed by atoms with Gasteiger partial charge in [0.25, 0.3) is 0 Å². The molecule has 2 aliphatic heterocycles. The van der Waals surface area contributed by atoms with Crippen molar-refractivity contribution >= 4 is 28.4 Å². The normalized spacial score (nSPS) is 22.4. The summed E-state index contributed by atoms with van der Waals surface area (Å²) in [7, 11) is 0. The maximum absolute atomic E-state index is 13.9. The molecule has 2 fully saturated rings. The highest BCUT2D eigenvalue weighted by molar-refractivity contribution is 6.36. The number of fused-ring (bicyclic) bond motifs is 2. The summed E-state index contributed by atoms with van der Waals surface area (Å²) in [5.74, 6) is 0.254. The lowest BCUT2D eigenvalue weighted by Crippen LogP contribution is -2.66. The number of piperidine rings is 2. The Hall–Kier alpha value is -1.49. The van der Waals surface area contributed by atoms with Crippen LogP contribution in [0.15, 0.2) is 18.2 Å². The number of benzene rings is 1. The molecule has 0 bridgehead atoms. The van der Waals surface area contributed by atoms with E-state index in [-0.39, 0.29) is 5.91 Å². The van der Waals surface area contributed by atoms with E-state index in [4.69, 9.17) is 16.6 Å². The zero-order valence-corrected chi connectivity index (χ0v) is 18.0. The van der Waals surface area contributed by atoms with Crippen molar-refractivity contribution in [3.63, 3.8) is 0 Å². The summed E-state index contributed by atoms with van der Waals surface area (Å²) >= 11 is 6.75. The number of amides is 1. The van der Waals surface area contributed by atoms with Crippen molar-refractivity contribution in [1.82, 2.24) is 9.99 Å². The predicted octanol–water partition coefficient (Wildman–Crippen LogP) is 5.31. The highest BCUT2D eigenvalue weighted by atomic mass is 35.5. The fourth-order valence-corrected chi connectivity index (χ4v) is 6.01. The Labute approximate surface area is 178 Å². The van der Waals surface area contributed by atoms with Gasteiger partial charge < -0.3 is 0 Å². The van der Waals surface area contributed by atoms with Crippen LogP contribution in [0.1, 0.15) is 73.0 Å². The van der Waals surface area contributed by atoms with E-state index in [2.05, 4.69) is 5.01 Å². The SMILES string of the molecule is O=C(c1ccc2c(Cl)c3c(nc2c1)CCCC3)[N+]1(N2CCCCC2)CCCCC1. The third-order valence-electron chi connectivity index (χ3n) is 7.25. The first-order valence-electron chi connectivity index (χ1n) is 11.5. The number of pyridine rings is 1. The van der Waals surface area contributed by atoms with Gasteiger partial charge in [-0.3, -0.25) is 4.98 Å². The van der Waals surface area contributed by atoms with E-state index in [1.807, 2.05) is 18.2 Å². The molecular formula is C24H31ClN3O+. The molecular weight excluding hydrogens is 382 g/mol. The number of likely N-dealkylation sites (tertiary alicyclic amines) is 1. The molecule has 1 aliphatic carbocycles. The lowest BCUT2D eigenvalue weighted by Gasteiger charge is -2.47. The number of hydrogen-bond acceptors (Lipinski definition) is 3. The van der Waals surface area contributed by atoms with Gasteiger partial charge in [-0.2, -0.15) is 4.59 Å². The summed E-state index contributed by atoms with van der Waals surface area (Å²) < 4.78 is 0.518. The van der Waals surface area contributed by atoms with Crippen LogP contribution in [-0.2, 0) is 12.8 Å². The van der Waals surface area contributed by atoms with Gasteiger partial charge >= 0.3 is 5.91 Å². The Morgan fingerprint density at radius 1 is 0.931 bits per heavy atom. The van der Waals surface area contributed by atoms with Crippen LogP contribution in [-0.4, -0.2) is 46.7 Å². The molecule has 0 radical (unpaired) electrons.